The molecule has 0 heterocycles. The Labute approximate surface area is 165 Å². The Kier molecular flexibility index (Phi) is 7.55. The SMILES string of the molecule is CCCCN(C)S(=O)(=O)c1ccc(NC(=O)COc2cccc(C#N)c2)cc1. The molecule has 1 amide bonds. The van der Waals surface area contributed by atoms with Gasteiger partial charge in [-0.15, -0.1) is 0 Å². The summed E-state index contributed by atoms with van der Waals surface area (Å²) in [6.45, 7) is 2.23. The lowest BCUT2D eigenvalue weighted by Crippen LogP contribution is -2.28. The summed E-state index contributed by atoms with van der Waals surface area (Å²) in [6, 6.07) is 14.5. The molecule has 0 atom stereocenters. The summed E-state index contributed by atoms with van der Waals surface area (Å²) < 4.78 is 31.6. The average Bonchev–Trinajstić information content (AvgIpc) is 2.71. The van der Waals surface area contributed by atoms with E-state index in [0.29, 0.717) is 23.5 Å². The second kappa shape index (κ2) is 9.88. The van der Waals surface area contributed by atoms with Crippen molar-refractivity contribution in [3.8, 4) is 11.8 Å². The highest BCUT2D eigenvalue weighted by atomic mass is 32.2. The molecular formula is C20H23N3O4S. The van der Waals surface area contributed by atoms with Gasteiger partial charge in [0.2, 0.25) is 10.0 Å². The first-order chi connectivity index (χ1) is 13.4. The van der Waals surface area contributed by atoms with Crippen LogP contribution in [0.15, 0.2) is 53.4 Å². The third-order valence-corrected chi connectivity index (χ3v) is 5.88. The highest BCUT2D eigenvalue weighted by Gasteiger charge is 2.20. The number of amides is 1. The van der Waals surface area contributed by atoms with Gasteiger partial charge in [0, 0.05) is 19.3 Å². The Bertz CT molecular complexity index is 950. The van der Waals surface area contributed by atoms with E-state index in [9.17, 15) is 13.2 Å². The van der Waals surface area contributed by atoms with Crippen LogP contribution in [0.1, 0.15) is 25.3 Å². The quantitative estimate of drug-likeness (QED) is 0.696. The predicted molar refractivity (Wildman–Crippen MR) is 106 cm³/mol. The van der Waals surface area contributed by atoms with Crippen LogP contribution in [0.25, 0.3) is 0 Å². The van der Waals surface area contributed by atoms with Crippen LogP contribution in [-0.2, 0) is 14.8 Å². The van der Waals surface area contributed by atoms with E-state index >= 15 is 0 Å². The average molecular weight is 401 g/mol. The molecule has 0 aromatic heterocycles. The summed E-state index contributed by atoms with van der Waals surface area (Å²) in [4.78, 5) is 12.2. The molecule has 0 unspecified atom stereocenters. The van der Waals surface area contributed by atoms with E-state index in [-0.39, 0.29) is 11.5 Å². The molecule has 7 nitrogen and oxygen atoms in total. The normalized spacial score (nSPS) is 11.1. The fourth-order valence-corrected chi connectivity index (χ4v) is 3.60. The monoisotopic (exact) mass is 401 g/mol. The number of nitrogens with zero attached hydrogens (tertiary/aromatic N) is 2. The summed E-state index contributed by atoms with van der Waals surface area (Å²) in [5, 5.41) is 11.5. The van der Waals surface area contributed by atoms with Crippen LogP contribution >= 0.6 is 0 Å². The van der Waals surface area contributed by atoms with Crippen LogP contribution in [-0.4, -0.2) is 38.8 Å². The standard InChI is InChI=1S/C20H23N3O4S/c1-3-4-12-23(2)28(25,26)19-10-8-17(9-11-19)22-20(24)15-27-18-7-5-6-16(13-18)14-21/h5-11,13H,3-4,12,15H2,1-2H3,(H,22,24). The lowest BCUT2D eigenvalue weighted by Gasteiger charge is -2.17. The number of carbonyl (C=O) groups excluding carboxylic acids is 1. The fraction of sp³-hybridized carbons (Fsp3) is 0.300. The molecule has 0 aliphatic rings. The van der Waals surface area contributed by atoms with E-state index < -0.39 is 15.9 Å². The molecular weight excluding hydrogens is 378 g/mol. The summed E-state index contributed by atoms with van der Waals surface area (Å²) in [5.74, 6) is 0.0313. The van der Waals surface area contributed by atoms with Crippen LogP contribution < -0.4 is 10.1 Å². The maximum Gasteiger partial charge on any atom is 0.262 e. The third-order valence-electron chi connectivity index (χ3n) is 4.01. The second-order valence-electron chi connectivity index (χ2n) is 6.18. The van der Waals surface area contributed by atoms with Gasteiger partial charge < -0.3 is 10.1 Å². The van der Waals surface area contributed by atoms with E-state index in [1.54, 1.807) is 31.3 Å². The Balaban J connectivity index is 1.94. The number of hydrogen-bond donors (Lipinski definition) is 1. The molecule has 148 valence electrons. The molecule has 2 aromatic rings. The van der Waals surface area contributed by atoms with Crippen molar-refractivity contribution in [3.05, 3.63) is 54.1 Å². The molecule has 1 N–H and O–H groups in total. The molecule has 0 saturated carbocycles. The smallest absolute Gasteiger partial charge is 0.262 e. The number of anilines is 1. The number of ether oxygens (including phenoxy) is 1. The largest absolute Gasteiger partial charge is 0.484 e. The summed E-state index contributed by atoms with van der Waals surface area (Å²) in [7, 11) is -1.98. The van der Waals surface area contributed by atoms with Gasteiger partial charge in [0.05, 0.1) is 16.5 Å². The molecule has 0 spiro atoms. The number of nitrogens with one attached hydrogen (secondary N) is 1. The van der Waals surface area contributed by atoms with Crippen LogP contribution in [0.2, 0.25) is 0 Å². The minimum absolute atomic E-state index is 0.175. The van der Waals surface area contributed by atoms with E-state index in [4.69, 9.17) is 10.00 Å². The van der Waals surface area contributed by atoms with Crippen molar-refractivity contribution in [1.29, 1.82) is 5.26 Å². The fourth-order valence-electron chi connectivity index (χ4n) is 2.39. The number of nitriles is 1. The van der Waals surface area contributed by atoms with Crippen LogP contribution in [0, 0.1) is 11.3 Å². The molecule has 0 bridgehead atoms. The highest BCUT2D eigenvalue weighted by Crippen LogP contribution is 2.18. The predicted octanol–water partition coefficient (Wildman–Crippen LogP) is 3.00. The van der Waals surface area contributed by atoms with E-state index in [0.717, 1.165) is 12.8 Å². The molecule has 0 saturated heterocycles. The van der Waals surface area contributed by atoms with Gasteiger partial charge in [0.1, 0.15) is 5.75 Å². The van der Waals surface area contributed by atoms with Crippen molar-refractivity contribution in [2.24, 2.45) is 0 Å². The van der Waals surface area contributed by atoms with Gasteiger partial charge in [-0.05, 0) is 48.9 Å². The maximum absolute atomic E-state index is 12.5. The number of unbranched alkanes of at least 4 members (excludes halogenated alkanes) is 1. The van der Waals surface area contributed by atoms with Gasteiger partial charge in [-0.1, -0.05) is 19.4 Å². The minimum Gasteiger partial charge on any atom is -0.484 e. The van der Waals surface area contributed by atoms with Crippen LogP contribution in [0.3, 0.4) is 0 Å². The van der Waals surface area contributed by atoms with Gasteiger partial charge in [-0.2, -0.15) is 5.26 Å². The summed E-state index contributed by atoms with van der Waals surface area (Å²) >= 11 is 0. The second-order valence-corrected chi connectivity index (χ2v) is 8.23. The molecule has 0 fully saturated rings. The Morgan fingerprint density at radius 2 is 1.93 bits per heavy atom. The zero-order chi connectivity index (χ0) is 20.6. The number of sulfonamides is 1. The molecule has 0 radical (unpaired) electrons. The number of carbonyl (C=O) groups is 1. The van der Waals surface area contributed by atoms with Crippen molar-refractivity contribution < 1.29 is 17.9 Å². The van der Waals surface area contributed by atoms with Gasteiger partial charge >= 0.3 is 0 Å². The first-order valence-electron chi connectivity index (χ1n) is 8.86. The molecule has 2 aromatic carbocycles. The number of rotatable bonds is 9. The van der Waals surface area contributed by atoms with E-state index in [2.05, 4.69) is 5.32 Å². The van der Waals surface area contributed by atoms with Crippen molar-refractivity contribution in [2.75, 3.05) is 25.5 Å². The van der Waals surface area contributed by atoms with Crippen molar-refractivity contribution in [2.45, 2.75) is 24.7 Å². The number of benzene rings is 2. The zero-order valence-corrected chi connectivity index (χ0v) is 16.7. The highest BCUT2D eigenvalue weighted by molar-refractivity contribution is 7.89. The maximum atomic E-state index is 12.5. The van der Waals surface area contributed by atoms with Crippen LogP contribution in [0.5, 0.6) is 5.75 Å². The first-order valence-corrected chi connectivity index (χ1v) is 10.3. The van der Waals surface area contributed by atoms with E-state index in [1.165, 1.54) is 28.6 Å². The summed E-state index contributed by atoms with van der Waals surface area (Å²) in [5.41, 5.74) is 0.910. The topological polar surface area (TPSA) is 99.5 Å². The lowest BCUT2D eigenvalue weighted by molar-refractivity contribution is -0.118. The summed E-state index contributed by atoms with van der Waals surface area (Å²) in [6.07, 6.45) is 1.70. The van der Waals surface area contributed by atoms with Gasteiger partial charge in [-0.25, -0.2) is 12.7 Å². The third kappa shape index (κ3) is 5.81. The van der Waals surface area contributed by atoms with Gasteiger partial charge in [0.25, 0.3) is 5.91 Å². The zero-order valence-electron chi connectivity index (χ0n) is 15.9. The molecule has 28 heavy (non-hydrogen) atoms. The van der Waals surface area contributed by atoms with Gasteiger partial charge in [-0.3, -0.25) is 4.79 Å². The Morgan fingerprint density at radius 1 is 1.21 bits per heavy atom. The van der Waals surface area contributed by atoms with Gasteiger partial charge in [0.15, 0.2) is 6.61 Å². The Morgan fingerprint density at radius 3 is 2.57 bits per heavy atom. The van der Waals surface area contributed by atoms with Crippen molar-refractivity contribution >= 4 is 21.6 Å². The minimum atomic E-state index is -3.54. The lowest BCUT2D eigenvalue weighted by atomic mass is 10.2. The Hall–Kier alpha value is -2.89. The number of hydrogen-bond acceptors (Lipinski definition) is 5. The molecule has 2 rings (SSSR count). The first kappa shape index (κ1) is 21.4. The molecule has 8 heteroatoms. The van der Waals surface area contributed by atoms with Crippen molar-refractivity contribution in [3.63, 3.8) is 0 Å². The van der Waals surface area contributed by atoms with Crippen LogP contribution in [0.4, 0.5) is 5.69 Å². The molecule has 0 aliphatic carbocycles. The van der Waals surface area contributed by atoms with E-state index in [1.807, 2.05) is 13.0 Å². The van der Waals surface area contributed by atoms with Crippen molar-refractivity contribution in [1.82, 2.24) is 4.31 Å². The molecule has 0 aliphatic heterocycles.